The Kier molecular flexibility index (Phi) is 12.1. The van der Waals surface area contributed by atoms with Crippen molar-refractivity contribution in [2.75, 3.05) is 26.2 Å². The minimum absolute atomic E-state index is 0.136. The van der Waals surface area contributed by atoms with Gasteiger partial charge in [-0.1, -0.05) is 33.1 Å². The van der Waals surface area contributed by atoms with E-state index in [0.29, 0.717) is 31.5 Å². The maximum absolute atomic E-state index is 12.1. The summed E-state index contributed by atoms with van der Waals surface area (Å²) in [5.41, 5.74) is 0. The zero-order chi connectivity index (χ0) is 19.2. The molecule has 0 aromatic heterocycles. The van der Waals surface area contributed by atoms with Crippen molar-refractivity contribution in [3.8, 4) is 0 Å². The molecule has 1 amide bonds. The Morgan fingerprint density at radius 2 is 1.88 bits per heavy atom. The Hall–Kier alpha value is -1.30. The molecule has 0 aliphatic heterocycles. The van der Waals surface area contributed by atoms with Crippen LogP contribution < -0.4 is 16.0 Å². The molecular formula is C20H40N4O2. The lowest BCUT2D eigenvalue weighted by molar-refractivity contribution is -0.121. The first-order chi connectivity index (χ1) is 12.6. The first-order valence-corrected chi connectivity index (χ1v) is 10.5. The van der Waals surface area contributed by atoms with E-state index in [1.807, 2.05) is 13.8 Å². The van der Waals surface area contributed by atoms with Gasteiger partial charge in [-0.2, -0.15) is 0 Å². The number of rotatable bonds is 11. The lowest BCUT2D eigenvalue weighted by atomic mass is 9.95. The third-order valence-electron chi connectivity index (χ3n) is 4.77. The summed E-state index contributed by atoms with van der Waals surface area (Å²) in [6, 6.07) is 0.379. The van der Waals surface area contributed by atoms with Crippen molar-refractivity contribution < 1.29 is 9.53 Å². The number of carbonyl (C=O) groups is 1. The highest BCUT2D eigenvalue weighted by Crippen LogP contribution is 2.17. The molecule has 3 N–H and O–H groups in total. The lowest BCUT2D eigenvalue weighted by Gasteiger charge is -2.23. The van der Waals surface area contributed by atoms with Crippen LogP contribution in [0.15, 0.2) is 4.99 Å². The molecule has 1 saturated carbocycles. The van der Waals surface area contributed by atoms with E-state index >= 15 is 0 Å². The van der Waals surface area contributed by atoms with Crippen LogP contribution in [0.4, 0.5) is 0 Å². The summed E-state index contributed by atoms with van der Waals surface area (Å²) in [5.74, 6) is 1.40. The van der Waals surface area contributed by atoms with Gasteiger partial charge in [0.1, 0.15) is 0 Å². The average Bonchev–Trinajstić information content (AvgIpc) is 2.61. The maximum atomic E-state index is 12.1. The Balaban J connectivity index is 2.30. The fourth-order valence-corrected chi connectivity index (χ4v) is 3.31. The van der Waals surface area contributed by atoms with E-state index in [0.717, 1.165) is 38.4 Å². The van der Waals surface area contributed by atoms with Crippen LogP contribution in [0.3, 0.4) is 0 Å². The number of ether oxygens (including phenoxy) is 1. The molecule has 0 spiro atoms. The first-order valence-electron chi connectivity index (χ1n) is 10.5. The third-order valence-corrected chi connectivity index (χ3v) is 4.77. The van der Waals surface area contributed by atoms with Gasteiger partial charge in [0.05, 0.1) is 6.10 Å². The lowest BCUT2D eigenvalue weighted by Crippen LogP contribution is -2.41. The van der Waals surface area contributed by atoms with Gasteiger partial charge in [0.15, 0.2) is 5.96 Å². The van der Waals surface area contributed by atoms with E-state index in [1.165, 1.54) is 19.3 Å². The fraction of sp³-hybridized carbons (Fsp3) is 0.900. The molecule has 0 heterocycles. The zero-order valence-electron chi connectivity index (χ0n) is 17.3. The summed E-state index contributed by atoms with van der Waals surface area (Å²) in [5, 5.41) is 9.65. The predicted molar refractivity (Wildman–Crippen MR) is 108 cm³/mol. The van der Waals surface area contributed by atoms with E-state index in [4.69, 9.17) is 4.74 Å². The van der Waals surface area contributed by atoms with Gasteiger partial charge in [0.25, 0.3) is 0 Å². The van der Waals surface area contributed by atoms with Crippen molar-refractivity contribution in [1.82, 2.24) is 16.0 Å². The topological polar surface area (TPSA) is 74.8 Å². The van der Waals surface area contributed by atoms with Crippen LogP contribution in [0.5, 0.6) is 0 Å². The number of amides is 1. The summed E-state index contributed by atoms with van der Waals surface area (Å²) in [7, 11) is 0. The van der Waals surface area contributed by atoms with Crippen LogP contribution in [0.2, 0.25) is 0 Å². The summed E-state index contributed by atoms with van der Waals surface area (Å²) in [6.45, 7) is 11.3. The molecule has 0 saturated heterocycles. The molecule has 1 rings (SSSR count). The van der Waals surface area contributed by atoms with Crippen LogP contribution in [-0.4, -0.2) is 50.3 Å². The average molecular weight is 369 g/mol. The van der Waals surface area contributed by atoms with E-state index < -0.39 is 0 Å². The van der Waals surface area contributed by atoms with Crippen LogP contribution in [0.25, 0.3) is 0 Å². The van der Waals surface area contributed by atoms with Gasteiger partial charge in [0, 0.05) is 38.7 Å². The monoisotopic (exact) mass is 368 g/mol. The highest BCUT2D eigenvalue weighted by Gasteiger charge is 2.15. The Morgan fingerprint density at radius 3 is 2.50 bits per heavy atom. The number of carbonyl (C=O) groups excluding carboxylic acids is 1. The largest absolute Gasteiger partial charge is 0.378 e. The molecular weight excluding hydrogens is 328 g/mol. The minimum atomic E-state index is 0.136. The van der Waals surface area contributed by atoms with Crippen LogP contribution in [0.1, 0.15) is 72.6 Å². The molecule has 0 bridgehead atoms. The second-order valence-corrected chi connectivity index (χ2v) is 7.37. The summed E-state index contributed by atoms with van der Waals surface area (Å²) in [4.78, 5) is 16.7. The van der Waals surface area contributed by atoms with Crippen molar-refractivity contribution in [2.45, 2.75) is 84.8 Å². The molecule has 1 aliphatic carbocycles. The van der Waals surface area contributed by atoms with E-state index in [1.54, 1.807) is 0 Å². The van der Waals surface area contributed by atoms with Gasteiger partial charge in [-0.15, -0.1) is 0 Å². The van der Waals surface area contributed by atoms with Crippen LogP contribution in [-0.2, 0) is 9.53 Å². The van der Waals surface area contributed by atoms with Crippen molar-refractivity contribution >= 4 is 11.9 Å². The van der Waals surface area contributed by atoms with Crippen molar-refractivity contribution in [3.63, 3.8) is 0 Å². The Bertz CT molecular complexity index is 407. The molecule has 1 unspecified atom stereocenters. The number of guanidine groups is 1. The number of hydrogen-bond acceptors (Lipinski definition) is 3. The molecule has 1 atom stereocenters. The van der Waals surface area contributed by atoms with Gasteiger partial charge in [-0.05, 0) is 39.0 Å². The number of nitrogens with zero attached hydrogens (tertiary/aromatic N) is 1. The zero-order valence-corrected chi connectivity index (χ0v) is 17.3. The molecule has 0 aromatic rings. The molecule has 26 heavy (non-hydrogen) atoms. The van der Waals surface area contributed by atoms with Gasteiger partial charge in [-0.3, -0.25) is 9.79 Å². The quantitative estimate of drug-likeness (QED) is 0.387. The summed E-state index contributed by atoms with van der Waals surface area (Å²) < 4.78 is 5.77. The van der Waals surface area contributed by atoms with Crippen molar-refractivity contribution in [2.24, 2.45) is 10.9 Å². The van der Waals surface area contributed by atoms with E-state index in [9.17, 15) is 4.79 Å². The second-order valence-electron chi connectivity index (χ2n) is 7.37. The SMILES string of the molecule is CCNC(=NCCC(OCC)C(C)C)NCCC(=O)NC1CCCCC1. The molecule has 1 fully saturated rings. The molecule has 0 aromatic carbocycles. The standard InChI is InChI=1S/C20H40N4O2/c1-5-21-20(22-14-12-18(16(3)4)26-6-2)23-15-13-19(25)24-17-10-8-7-9-11-17/h16-18H,5-15H2,1-4H3,(H,24,25)(H2,21,22,23). The maximum Gasteiger partial charge on any atom is 0.221 e. The van der Waals surface area contributed by atoms with Gasteiger partial charge in [0.2, 0.25) is 5.91 Å². The summed E-state index contributed by atoms with van der Waals surface area (Å²) in [6.07, 6.45) is 7.66. The van der Waals surface area contributed by atoms with Gasteiger partial charge in [-0.25, -0.2) is 0 Å². The third kappa shape index (κ3) is 10.00. The van der Waals surface area contributed by atoms with Crippen molar-refractivity contribution in [3.05, 3.63) is 0 Å². The van der Waals surface area contributed by atoms with Crippen molar-refractivity contribution in [1.29, 1.82) is 0 Å². The predicted octanol–water partition coefficient (Wildman–Crippen LogP) is 2.83. The highest BCUT2D eigenvalue weighted by atomic mass is 16.5. The Morgan fingerprint density at radius 1 is 1.15 bits per heavy atom. The van der Waals surface area contributed by atoms with E-state index in [2.05, 4.69) is 34.8 Å². The normalized spacial score (nSPS) is 17.2. The molecule has 152 valence electrons. The fourth-order valence-electron chi connectivity index (χ4n) is 3.31. The Labute approximate surface area is 159 Å². The van der Waals surface area contributed by atoms with Gasteiger partial charge >= 0.3 is 0 Å². The number of hydrogen-bond donors (Lipinski definition) is 3. The molecule has 6 nitrogen and oxygen atoms in total. The van der Waals surface area contributed by atoms with Crippen LogP contribution in [0, 0.1) is 5.92 Å². The first kappa shape index (κ1) is 22.7. The number of nitrogens with one attached hydrogen (secondary N) is 3. The molecule has 1 aliphatic rings. The molecule has 0 radical (unpaired) electrons. The number of aliphatic imine (C=N–C) groups is 1. The van der Waals surface area contributed by atoms with Gasteiger partial charge < -0.3 is 20.7 Å². The second kappa shape index (κ2) is 13.8. The smallest absolute Gasteiger partial charge is 0.221 e. The molecule has 6 heteroatoms. The van der Waals surface area contributed by atoms with Crippen LogP contribution >= 0.6 is 0 Å². The summed E-state index contributed by atoms with van der Waals surface area (Å²) >= 11 is 0. The highest BCUT2D eigenvalue weighted by molar-refractivity contribution is 5.81. The van der Waals surface area contributed by atoms with E-state index in [-0.39, 0.29) is 12.0 Å². The minimum Gasteiger partial charge on any atom is -0.378 e.